The molecule has 2 heteroatoms. The van der Waals surface area contributed by atoms with Gasteiger partial charge in [0.25, 0.3) is 0 Å². The average molecular weight is 234 g/mol. The van der Waals surface area contributed by atoms with Crippen LogP contribution in [0.25, 0.3) is 0 Å². The fourth-order valence-electron chi connectivity index (χ4n) is 5.74. The molecule has 0 spiro atoms. The number of hydrogen-bond acceptors (Lipinski definition) is 2. The molecule has 3 aliphatic carbocycles. The summed E-state index contributed by atoms with van der Waals surface area (Å²) in [5.74, 6) is 2.74. The predicted octanol–water partition coefficient (Wildman–Crippen LogP) is 2.81. The van der Waals surface area contributed by atoms with Gasteiger partial charge in [-0.05, 0) is 49.4 Å². The van der Waals surface area contributed by atoms with Gasteiger partial charge in [-0.15, -0.1) is 0 Å². The summed E-state index contributed by atoms with van der Waals surface area (Å²) in [7, 11) is 0. The maximum atomic E-state index is 12.0. The van der Waals surface area contributed by atoms with E-state index >= 15 is 0 Å². The molecule has 0 aromatic carbocycles. The third kappa shape index (κ3) is 1.09. The molecule has 1 heterocycles. The van der Waals surface area contributed by atoms with Crippen molar-refractivity contribution < 1.29 is 9.53 Å². The molecule has 1 aliphatic heterocycles. The molecule has 0 amide bonds. The normalized spacial score (nSPS) is 64.2. The lowest BCUT2D eigenvalue weighted by Gasteiger charge is -2.47. The molecule has 4 fully saturated rings. The quantitative estimate of drug-likeness (QED) is 0.603. The van der Waals surface area contributed by atoms with Crippen molar-refractivity contribution in [3.63, 3.8) is 0 Å². The fraction of sp³-hybridized carbons (Fsp3) is 0.933. The number of hydrogen-bond donors (Lipinski definition) is 0. The molecule has 17 heavy (non-hydrogen) atoms. The van der Waals surface area contributed by atoms with Crippen molar-refractivity contribution in [2.24, 2.45) is 29.1 Å². The van der Waals surface area contributed by atoms with Crippen molar-refractivity contribution in [1.82, 2.24) is 0 Å². The predicted molar refractivity (Wildman–Crippen MR) is 64.5 cm³/mol. The highest BCUT2D eigenvalue weighted by molar-refractivity contribution is 5.83. The monoisotopic (exact) mass is 234 g/mol. The Hall–Kier alpha value is -0.370. The van der Waals surface area contributed by atoms with Gasteiger partial charge < -0.3 is 4.74 Å². The Morgan fingerprint density at radius 3 is 2.82 bits per heavy atom. The first-order chi connectivity index (χ1) is 7.96. The summed E-state index contributed by atoms with van der Waals surface area (Å²) in [6.45, 7) is 6.89. The number of epoxide rings is 1. The number of fused-ring (bicyclic) bond motifs is 5. The first-order valence-electron chi connectivity index (χ1n) is 7.16. The molecular weight excluding hydrogens is 212 g/mol. The molecule has 94 valence electrons. The van der Waals surface area contributed by atoms with E-state index in [0.717, 1.165) is 6.42 Å². The zero-order valence-electron chi connectivity index (χ0n) is 11.0. The van der Waals surface area contributed by atoms with E-state index in [-0.39, 0.29) is 5.60 Å². The van der Waals surface area contributed by atoms with E-state index in [2.05, 4.69) is 20.8 Å². The van der Waals surface area contributed by atoms with Crippen LogP contribution in [0.3, 0.4) is 0 Å². The molecule has 3 saturated carbocycles. The first kappa shape index (κ1) is 10.5. The molecule has 4 aliphatic rings. The highest BCUT2D eigenvalue weighted by atomic mass is 16.6. The maximum absolute atomic E-state index is 12.0. The SMILES string of the molecule is CC1C(=O)CC2C1CCC1(C)CC3OC3(C)C21. The van der Waals surface area contributed by atoms with Crippen LogP contribution >= 0.6 is 0 Å². The van der Waals surface area contributed by atoms with Crippen molar-refractivity contribution in [2.75, 3.05) is 0 Å². The molecule has 0 radical (unpaired) electrons. The molecule has 1 saturated heterocycles. The molecule has 0 aromatic heterocycles. The van der Waals surface area contributed by atoms with E-state index in [4.69, 9.17) is 4.74 Å². The van der Waals surface area contributed by atoms with Crippen molar-refractivity contribution >= 4 is 5.78 Å². The largest absolute Gasteiger partial charge is 0.366 e. The highest BCUT2D eigenvalue weighted by Gasteiger charge is 2.73. The minimum absolute atomic E-state index is 0.127. The summed E-state index contributed by atoms with van der Waals surface area (Å²) in [6, 6.07) is 0. The number of ketones is 1. The van der Waals surface area contributed by atoms with Crippen LogP contribution in [0.2, 0.25) is 0 Å². The second kappa shape index (κ2) is 2.79. The maximum Gasteiger partial charge on any atom is 0.136 e. The summed E-state index contributed by atoms with van der Waals surface area (Å²) in [4.78, 5) is 12.0. The Bertz CT molecular complexity index is 404. The molecule has 4 rings (SSSR count). The van der Waals surface area contributed by atoms with E-state index in [1.165, 1.54) is 19.3 Å². The molecule has 7 atom stereocenters. The Morgan fingerprint density at radius 2 is 2.06 bits per heavy atom. The Labute approximate surface area is 103 Å². The lowest BCUT2D eigenvalue weighted by Crippen LogP contribution is -2.43. The molecule has 0 N–H and O–H groups in total. The van der Waals surface area contributed by atoms with E-state index < -0.39 is 0 Å². The number of rotatable bonds is 0. The van der Waals surface area contributed by atoms with Crippen molar-refractivity contribution in [2.45, 2.75) is 58.2 Å². The van der Waals surface area contributed by atoms with Gasteiger partial charge in [0.15, 0.2) is 0 Å². The van der Waals surface area contributed by atoms with E-state index in [9.17, 15) is 4.79 Å². The number of ether oxygens (including phenoxy) is 1. The van der Waals surface area contributed by atoms with Crippen LogP contribution in [0.1, 0.15) is 46.5 Å². The van der Waals surface area contributed by atoms with Gasteiger partial charge in [-0.2, -0.15) is 0 Å². The Balaban J connectivity index is 1.74. The topological polar surface area (TPSA) is 29.6 Å². The summed E-state index contributed by atoms with van der Waals surface area (Å²) >= 11 is 0. The van der Waals surface area contributed by atoms with Gasteiger partial charge in [0, 0.05) is 12.3 Å². The lowest BCUT2D eigenvalue weighted by molar-refractivity contribution is -0.120. The Morgan fingerprint density at radius 1 is 1.29 bits per heavy atom. The van der Waals surface area contributed by atoms with Gasteiger partial charge in [-0.3, -0.25) is 4.79 Å². The summed E-state index contributed by atoms with van der Waals surface area (Å²) in [6.07, 6.45) is 5.15. The molecule has 7 unspecified atom stereocenters. The van der Waals surface area contributed by atoms with E-state index in [1.807, 2.05) is 0 Å². The van der Waals surface area contributed by atoms with Crippen molar-refractivity contribution in [1.29, 1.82) is 0 Å². The summed E-state index contributed by atoms with van der Waals surface area (Å²) < 4.78 is 5.94. The fourth-order valence-corrected chi connectivity index (χ4v) is 5.74. The standard InChI is InChI=1S/C15H22O2/c1-8-9-4-5-14(2)7-12-15(3,17-12)13(14)10(9)6-11(8)16/h8-10,12-13H,4-7H2,1-3H3. The minimum atomic E-state index is 0.127. The van der Waals surface area contributed by atoms with Gasteiger partial charge in [0.05, 0.1) is 11.7 Å². The third-order valence-electron chi connectivity index (χ3n) is 6.61. The third-order valence-corrected chi connectivity index (χ3v) is 6.61. The van der Waals surface area contributed by atoms with Gasteiger partial charge in [0.1, 0.15) is 5.78 Å². The van der Waals surface area contributed by atoms with Gasteiger partial charge in [-0.25, -0.2) is 0 Å². The number of Topliss-reactive ketones (excluding diaryl/α,β-unsaturated/α-hetero) is 1. The Kier molecular flexibility index (Phi) is 1.73. The number of carbonyl (C=O) groups excluding carboxylic acids is 1. The highest BCUT2D eigenvalue weighted by Crippen LogP contribution is 2.70. The van der Waals surface area contributed by atoms with Crippen LogP contribution in [-0.2, 0) is 9.53 Å². The lowest BCUT2D eigenvalue weighted by atomic mass is 9.58. The zero-order valence-corrected chi connectivity index (χ0v) is 11.0. The van der Waals surface area contributed by atoms with E-state index in [0.29, 0.717) is 41.0 Å². The minimum Gasteiger partial charge on any atom is -0.366 e. The first-order valence-corrected chi connectivity index (χ1v) is 7.16. The van der Waals surface area contributed by atoms with E-state index in [1.54, 1.807) is 0 Å². The second-order valence-corrected chi connectivity index (χ2v) is 7.45. The van der Waals surface area contributed by atoms with Crippen LogP contribution in [0, 0.1) is 29.1 Å². The number of carbonyl (C=O) groups is 1. The van der Waals surface area contributed by atoms with Crippen molar-refractivity contribution in [3.8, 4) is 0 Å². The van der Waals surface area contributed by atoms with Crippen molar-refractivity contribution in [3.05, 3.63) is 0 Å². The molecule has 0 bridgehead atoms. The van der Waals surface area contributed by atoms with Crippen LogP contribution in [-0.4, -0.2) is 17.5 Å². The smallest absolute Gasteiger partial charge is 0.136 e. The summed E-state index contributed by atoms with van der Waals surface area (Å²) in [5, 5.41) is 0. The zero-order chi connectivity index (χ0) is 12.0. The van der Waals surface area contributed by atoms with Gasteiger partial charge in [-0.1, -0.05) is 13.8 Å². The van der Waals surface area contributed by atoms with Crippen LogP contribution in [0.15, 0.2) is 0 Å². The molecule has 2 nitrogen and oxygen atoms in total. The van der Waals surface area contributed by atoms with Crippen LogP contribution in [0.4, 0.5) is 0 Å². The molecular formula is C15H22O2. The summed E-state index contributed by atoms with van der Waals surface area (Å²) in [5.41, 5.74) is 0.589. The van der Waals surface area contributed by atoms with Gasteiger partial charge >= 0.3 is 0 Å². The molecule has 0 aromatic rings. The average Bonchev–Trinajstić information content (AvgIpc) is 2.68. The second-order valence-electron chi connectivity index (χ2n) is 7.45. The van der Waals surface area contributed by atoms with Crippen LogP contribution < -0.4 is 0 Å². The van der Waals surface area contributed by atoms with Gasteiger partial charge in [0.2, 0.25) is 0 Å². The van der Waals surface area contributed by atoms with Crippen LogP contribution in [0.5, 0.6) is 0 Å².